The number of hydrogen-bond donors (Lipinski definition) is 1. The summed E-state index contributed by atoms with van der Waals surface area (Å²) in [6, 6.07) is 5.67. The summed E-state index contributed by atoms with van der Waals surface area (Å²) in [6.07, 6.45) is 6.33. The topological polar surface area (TPSA) is 55.6 Å². The second kappa shape index (κ2) is 7.34. The van der Waals surface area contributed by atoms with Crippen LogP contribution in [0.2, 0.25) is 0 Å². The number of nitrogen functional groups attached to an aromatic ring is 1. The number of rotatable bonds is 4. The van der Waals surface area contributed by atoms with E-state index in [1.54, 1.807) is 6.07 Å². The highest BCUT2D eigenvalue weighted by molar-refractivity contribution is 5.96. The number of methoxy groups -OCH3 is 1. The van der Waals surface area contributed by atoms with Crippen molar-refractivity contribution in [1.29, 1.82) is 0 Å². The minimum Gasteiger partial charge on any atom is -0.465 e. The first-order valence-electron chi connectivity index (χ1n) is 7.88. The molecular formula is C17H26N2O2. The molecule has 0 radical (unpaired) electrons. The monoisotopic (exact) mass is 290 g/mol. The van der Waals surface area contributed by atoms with Crippen molar-refractivity contribution in [3.8, 4) is 0 Å². The summed E-state index contributed by atoms with van der Waals surface area (Å²) in [5.41, 5.74) is 7.88. The van der Waals surface area contributed by atoms with Gasteiger partial charge in [0.25, 0.3) is 0 Å². The van der Waals surface area contributed by atoms with Gasteiger partial charge in [-0.1, -0.05) is 19.8 Å². The Morgan fingerprint density at radius 1 is 1.38 bits per heavy atom. The Morgan fingerprint density at radius 3 is 2.90 bits per heavy atom. The molecule has 0 aliphatic carbocycles. The van der Waals surface area contributed by atoms with Crippen LogP contribution in [0.5, 0.6) is 0 Å². The van der Waals surface area contributed by atoms with E-state index in [1.165, 1.54) is 39.2 Å². The van der Waals surface area contributed by atoms with Crippen LogP contribution in [0.1, 0.15) is 49.4 Å². The second-order valence-corrected chi connectivity index (χ2v) is 5.84. The van der Waals surface area contributed by atoms with Crippen LogP contribution in [0.25, 0.3) is 0 Å². The molecule has 116 valence electrons. The third-order valence-electron chi connectivity index (χ3n) is 4.35. The first-order valence-corrected chi connectivity index (χ1v) is 7.88. The minimum absolute atomic E-state index is 0.368. The van der Waals surface area contributed by atoms with Crippen LogP contribution in [-0.4, -0.2) is 26.2 Å². The summed E-state index contributed by atoms with van der Waals surface area (Å²) < 4.78 is 4.80. The molecule has 1 aliphatic heterocycles. The molecule has 1 fully saturated rings. The molecule has 1 unspecified atom stereocenters. The summed E-state index contributed by atoms with van der Waals surface area (Å²) >= 11 is 0. The summed E-state index contributed by atoms with van der Waals surface area (Å²) in [7, 11) is 1.38. The Hall–Kier alpha value is -1.71. The Morgan fingerprint density at radius 2 is 2.19 bits per heavy atom. The Labute approximate surface area is 127 Å². The molecule has 1 aliphatic rings. The van der Waals surface area contributed by atoms with Crippen molar-refractivity contribution in [3.05, 3.63) is 23.8 Å². The van der Waals surface area contributed by atoms with E-state index in [0.717, 1.165) is 24.7 Å². The van der Waals surface area contributed by atoms with E-state index in [4.69, 9.17) is 10.5 Å². The largest absolute Gasteiger partial charge is 0.465 e. The standard InChI is InChI=1S/C17H26N2O2/c1-3-5-13-6-4-10-19(11-9-13)14-7-8-16(18)15(12-14)17(20)21-2/h7-8,12-13H,3-6,9-11,18H2,1-2H3. The lowest BCUT2D eigenvalue weighted by Crippen LogP contribution is -2.24. The SMILES string of the molecule is CCCC1CCCN(c2ccc(N)c(C(=O)OC)c2)CC1. The summed E-state index contributed by atoms with van der Waals surface area (Å²) in [5, 5.41) is 0. The van der Waals surface area contributed by atoms with Gasteiger partial charge >= 0.3 is 5.97 Å². The van der Waals surface area contributed by atoms with Gasteiger partial charge < -0.3 is 15.4 Å². The highest BCUT2D eigenvalue weighted by Gasteiger charge is 2.18. The average Bonchev–Trinajstić information content (AvgIpc) is 2.73. The smallest absolute Gasteiger partial charge is 0.340 e. The zero-order valence-electron chi connectivity index (χ0n) is 13.1. The van der Waals surface area contributed by atoms with Crippen molar-refractivity contribution in [1.82, 2.24) is 0 Å². The van der Waals surface area contributed by atoms with E-state index in [0.29, 0.717) is 11.3 Å². The lowest BCUT2D eigenvalue weighted by molar-refractivity contribution is 0.0602. The molecule has 0 saturated carbocycles. The maximum Gasteiger partial charge on any atom is 0.340 e. The molecule has 21 heavy (non-hydrogen) atoms. The van der Waals surface area contributed by atoms with Crippen LogP contribution < -0.4 is 10.6 Å². The van der Waals surface area contributed by atoms with Gasteiger partial charge in [0, 0.05) is 24.5 Å². The second-order valence-electron chi connectivity index (χ2n) is 5.84. The molecule has 4 nitrogen and oxygen atoms in total. The summed E-state index contributed by atoms with van der Waals surface area (Å²) in [4.78, 5) is 14.1. The zero-order valence-corrected chi connectivity index (χ0v) is 13.1. The first kappa shape index (κ1) is 15.7. The van der Waals surface area contributed by atoms with Crippen LogP contribution in [0.15, 0.2) is 18.2 Å². The molecule has 0 bridgehead atoms. The van der Waals surface area contributed by atoms with Gasteiger partial charge in [0.15, 0.2) is 0 Å². The van der Waals surface area contributed by atoms with E-state index < -0.39 is 0 Å². The van der Waals surface area contributed by atoms with Gasteiger partial charge in [-0.05, 0) is 43.4 Å². The fourth-order valence-corrected chi connectivity index (χ4v) is 3.15. The Kier molecular flexibility index (Phi) is 5.48. The molecule has 1 atom stereocenters. The Balaban J connectivity index is 2.12. The number of carbonyl (C=O) groups excluding carboxylic acids is 1. The molecule has 2 rings (SSSR count). The third kappa shape index (κ3) is 3.90. The maximum atomic E-state index is 11.8. The van der Waals surface area contributed by atoms with Gasteiger partial charge in [0.2, 0.25) is 0 Å². The van der Waals surface area contributed by atoms with E-state index in [1.807, 2.05) is 12.1 Å². The molecule has 1 aromatic carbocycles. The lowest BCUT2D eigenvalue weighted by Gasteiger charge is -2.23. The van der Waals surface area contributed by atoms with Gasteiger partial charge in [-0.25, -0.2) is 4.79 Å². The maximum absolute atomic E-state index is 11.8. The number of esters is 1. The van der Waals surface area contributed by atoms with E-state index in [-0.39, 0.29) is 5.97 Å². The number of benzene rings is 1. The summed E-state index contributed by atoms with van der Waals surface area (Å²) in [5.74, 6) is 0.474. The van der Waals surface area contributed by atoms with Crippen LogP contribution in [0.3, 0.4) is 0 Å². The summed E-state index contributed by atoms with van der Waals surface area (Å²) in [6.45, 7) is 4.35. The first-order chi connectivity index (χ1) is 10.2. The van der Waals surface area contributed by atoms with Crippen molar-refractivity contribution < 1.29 is 9.53 Å². The Bertz CT molecular complexity index is 488. The normalized spacial score (nSPS) is 19.1. The van der Waals surface area contributed by atoms with E-state index in [2.05, 4.69) is 11.8 Å². The van der Waals surface area contributed by atoms with Crippen LogP contribution in [0.4, 0.5) is 11.4 Å². The van der Waals surface area contributed by atoms with Crippen molar-refractivity contribution in [2.75, 3.05) is 30.8 Å². The van der Waals surface area contributed by atoms with E-state index in [9.17, 15) is 4.79 Å². The van der Waals surface area contributed by atoms with Gasteiger partial charge in [0.05, 0.1) is 12.7 Å². The van der Waals surface area contributed by atoms with Crippen molar-refractivity contribution >= 4 is 17.3 Å². The number of hydrogen-bond acceptors (Lipinski definition) is 4. The molecule has 1 saturated heterocycles. The van der Waals surface area contributed by atoms with Crippen molar-refractivity contribution in [3.63, 3.8) is 0 Å². The number of carbonyl (C=O) groups is 1. The molecule has 2 N–H and O–H groups in total. The molecular weight excluding hydrogens is 264 g/mol. The molecule has 0 spiro atoms. The average molecular weight is 290 g/mol. The third-order valence-corrected chi connectivity index (χ3v) is 4.35. The van der Waals surface area contributed by atoms with Crippen LogP contribution in [0, 0.1) is 5.92 Å². The number of anilines is 2. The van der Waals surface area contributed by atoms with Gasteiger partial charge in [-0.15, -0.1) is 0 Å². The van der Waals surface area contributed by atoms with Gasteiger partial charge in [-0.2, -0.15) is 0 Å². The number of nitrogens with two attached hydrogens (primary N) is 1. The minimum atomic E-state index is -0.368. The molecule has 4 heteroatoms. The molecule has 1 heterocycles. The predicted octanol–water partition coefficient (Wildman–Crippen LogP) is 3.46. The predicted molar refractivity (Wildman–Crippen MR) is 86.7 cm³/mol. The number of ether oxygens (including phenoxy) is 1. The van der Waals surface area contributed by atoms with Gasteiger partial charge in [0.1, 0.15) is 0 Å². The van der Waals surface area contributed by atoms with Crippen LogP contribution in [-0.2, 0) is 4.74 Å². The fraction of sp³-hybridized carbons (Fsp3) is 0.588. The fourth-order valence-electron chi connectivity index (χ4n) is 3.15. The zero-order chi connectivity index (χ0) is 15.2. The van der Waals surface area contributed by atoms with Gasteiger partial charge in [-0.3, -0.25) is 0 Å². The molecule has 0 amide bonds. The number of nitrogens with zero attached hydrogens (tertiary/aromatic N) is 1. The quantitative estimate of drug-likeness (QED) is 0.681. The van der Waals surface area contributed by atoms with Crippen molar-refractivity contribution in [2.45, 2.75) is 39.0 Å². The lowest BCUT2D eigenvalue weighted by atomic mass is 9.96. The molecule has 1 aromatic rings. The molecule has 0 aromatic heterocycles. The van der Waals surface area contributed by atoms with Crippen LogP contribution >= 0.6 is 0 Å². The highest BCUT2D eigenvalue weighted by atomic mass is 16.5. The highest BCUT2D eigenvalue weighted by Crippen LogP contribution is 2.27. The van der Waals surface area contributed by atoms with E-state index >= 15 is 0 Å². The van der Waals surface area contributed by atoms with Crippen molar-refractivity contribution in [2.24, 2.45) is 5.92 Å².